The van der Waals surface area contributed by atoms with E-state index in [1.165, 1.54) is 12.0 Å². The van der Waals surface area contributed by atoms with Gasteiger partial charge in [-0.2, -0.15) is 0 Å². The van der Waals surface area contributed by atoms with Crippen molar-refractivity contribution in [1.29, 1.82) is 0 Å². The van der Waals surface area contributed by atoms with E-state index in [0.29, 0.717) is 11.2 Å². The van der Waals surface area contributed by atoms with Crippen molar-refractivity contribution in [2.45, 2.75) is 26.8 Å². The summed E-state index contributed by atoms with van der Waals surface area (Å²) in [5, 5.41) is 1.50. The zero-order chi connectivity index (χ0) is 11.2. The van der Waals surface area contributed by atoms with E-state index in [1.54, 1.807) is 0 Å². The highest BCUT2D eigenvalue weighted by molar-refractivity contribution is 14.1. The molecule has 80 valence electrons. The fourth-order valence-corrected chi connectivity index (χ4v) is 2.94. The summed E-state index contributed by atoms with van der Waals surface area (Å²) in [5.41, 5.74) is 2.12. The molecule has 0 aliphatic carbocycles. The molecule has 0 N–H and O–H groups in total. The minimum Gasteiger partial charge on any atom is -0.326 e. The van der Waals surface area contributed by atoms with Crippen molar-refractivity contribution in [1.82, 2.24) is 14.5 Å². The van der Waals surface area contributed by atoms with Crippen molar-refractivity contribution >= 4 is 45.2 Å². The second-order valence-electron chi connectivity index (χ2n) is 3.73. The van der Waals surface area contributed by atoms with Crippen molar-refractivity contribution in [3.8, 4) is 0 Å². The lowest BCUT2D eigenvalue weighted by atomic mass is 10.3. The van der Waals surface area contributed by atoms with Crippen molar-refractivity contribution in [2.75, 3.05) is 0 Å². The van der Waals surface area contributed by atoms with E-state index in [-0.39, 0.29) is 0 Å². The van der Waals surface area contributed by atoms with Gasteiger partial charge in [-0.15, -0.1) is 0 Å². The molecular formula is C10H11ClIN3. The molecule has 0 bridgehead atoms. The zero-order valence-corrected chi connectivity index (χ0v) is 11.7. The van der Waals surface area contributed by atoms with Gasteiger partial charge in [-0.25, -0.2) is 9.97 Å². The lowest BCUT2D eigenvalue weighted by Gasteiger charge is -2.10. The fraction of sp³-hybridized carbons (Fsp3) is 0.400. The monoisotopic (exact) mass is 335 g/mol. The largest absolute Gasteiger partial charge is 0.326 e. The molecule has 0 saturated heterocycles. The quantitative estimate of drug-likeness (QED) is 0.589. The fourth-order valence-electron chi connectivity index (χ4n) is 1.80. The van der Waals surface area contributed by atoms with E-state index in [9.17, 15) is 0 Å². The van der Waals surface area contributed by atoms with E-state index in [2.05, 4.69) is 57.9 Å². The molecule has 0 radical (unpaired) electrons. The summed E-state index contributed by atoms with van der Waals surface area (Å²) in [7, 11) is 0. The molecule has 2 aromatic heterocycles. The molecular weight excluding hydrogens is 324 g/mol. The normalized spacial score (nSPS) is 11.6. The lowest BCUT2D eigenvalue weighted by molar-refractivity contribution is 0.601. The number of nitrogens with zero attached hydrogens (tertiary/aromatic N) is 3. The van der Waals surface area contributed by atoms with Crippen LogP contribution in [0.2, 0.25) is 5.15 Å². The molecule has 15 heavy (non-hydrogen) atoms. The predicted octanol–water partition coefficient (Wildman–Crippen LogP) is 3.58. The first-order valence-electron chi connectivity index (χ1n) is 4.70. The van der Waals surface area contributed by atoms with Crippen LogP contribution >= 0.6 is 34.2 Å². The van der Waals surface area contributed by atoms with Gasteiger partial charge in [-0.3, -0.25) is 0 Å². The Balaban J connectivity index is 2.94. The van der Waals surface area contributed by atoms with Crippen LogP contribution in [0.5, 0.6) is 0 Å². The first kappa shape index (κ1) is 11.1. The molecule has 5 heteroatoms. The standard InChI is InChI=1S/C10H11ClIN3/c1-5(2)15-6(3)8(12)7-9(11)13-4-14-10(7)15/h4-5H,1-3H3. The summed E-state index contributed by atoms with van der Waals surface area (Å²) in [6.45, 7) is 6.36. The number of rotatable bonds is 1. The molecule has 2 rings (SSSR count). The smallest absolute Gasteiger partial charge is 0.146 e. The molecule has 3 nitrogen and oxygen atoms in total. The van der Waals surface area contributed by atoms with E-state index in [1.807, 2.05) is 0 Å². The maximum Gasteiger partial charge on any atom is 0.146 e. The highest BCUT2D eigenvalue weighted by Crippen LogP contribution is 2.32. The third-order valence-electron chi connectivity index (χ3n) is 2.42. The predicted molar refractivity (Wildman–Crippen MR) is 70.4 cm³/mol. The van der Waals surface area contributed by atoms with E-state index in [4.69, 9.17) is 11.6 Å². The number of hydrogen-bond donors (Lipinski definition) is 0. The van der Waals surface area contributed by atoms with Crippen LogP contribution in [0.25, 0.3) is 11.0 Å². The summed E-state index contributed by atoms with van der Waals surface area (Å²) >= 11 is 8.38. The maximum atomic E-state index is 6.08. The van der Waals surface area contributed by atoms with Gasteiger partial charge in [0.05, 0.1) is 5.39 Å². The summed E-state index contributed by atoms with van der Waals surface area (Å²) in [4.78, 5) is 8.33. The van der Waals surface area contributed by atoms with Gasteiger partial charge in [-0.1, -0.05) is 11.6 Å². The van der Waals surface area contributed by atoms with Crippen LogP contribution < -0.4 is 0 Å². The van der Waals surface area contributed by atoms with Gasteiger partial charge in [0, 0.05) is 15.3 Å². The Morgan fingerprint density at radius 1 is 1.40 bits per heavy atom. The minimum absolute atomic E-state index is 0.377. The average molecular weight is 336 g/mol. The highest BCUT2D eigenvalue weighted by Gasteiger charge is 2.17. The van der Waals surface area contributed by atoms with Crippen molar-refractivity contribution in [3.05, 3.63) is 20.7 Å². The Labute approximate surface area is 107 Å². The first-order chi connectivity index (χ1) is 7.04. The maximum absolute atomic E-state index is 6.08. The topological polar surface area (TPSA) is 30.7 Å². The van der Waals surface area contributed by atoms with Gasteiger partial charge in [-0.05, 0) is 43.4 Å². The molecule has 0 spiro atoms. The Morgan fingerprint density at radius 3 is 2.67 bits per heavy atom. The Bertz CT molecular complexity index is 519. The van der Waals surface area contributed by atoms with E-state index >= 15 is 0 Å². The van der Waals surface area contributed by atoms with E-state index < -0.39 is 0 Å². The van der Waals surface area contributed by atoms with Crippen molar-refractivity contribution in [3.63, 3.8) is 0 Å². The SMILES string of the molecule is Cc1c(I)c2c(Cl)ncnc2n1C(C)C. The molecule has 0 fully saturated rings. The van der Waals surface area contributed by atoms with Crippen molar-refractivity contribution in [2.24, 2.45) is 0 Å². The second-order valence-corrected chi connectivity index (χ2v) is 5.16. The zero-order valence-electron chi connectivity index (χ0n) is 8.75. The van der Waals surface area contributed by atoms with Gasteiger partial charge >= 0.3 is 0 Å². The van der Waals surface area contributed by atoms with Crippen LogP contribution in [-0.2, 0) is 0 Å². The third kappa shape index (κ3) is 1.63. The molecule has 2 heterocycles. The molecule has 0 unspecified atom stereocenters. The van der Waals surface area contributed by atoms with Crippen LogP contribution in [0.1, 0.15) is 25.6 Å². The number of aromatic nitrogens is 3. The third-order valence-corrected chi connectivity index (χ3v) is 4.03. The van der Waals surface area contributed by atoms with Crippen LogP contribution in [-0.4, -0.2) is 14.5 Å². The van der Waals surface area contributed by atoms with Crippen LogP contribution in [0, 0.1) is 10.5 Å². The Hall–Kier alpha value is -0.360. The molecule has 0 aromatic carbocycles. The molecule has 0 atom stereocenters. The highest BCUT2D eigenvalue weighted by atomic mass is 127. The first-order valence-corrected chi connectivity index (χ1v) is 6.16. The van der Waals surface area contributed by atoms with Gasteiger partial charge in [0.2, 0.25) is 0 Å². The van der Waals surface area contributed by atoms with E-state index in [0.717, 1.165) is 14.6 Å². The second kappa shape index (κ2) is 3.90. The summed E-state index contributed by atoms with van der Waals surface area (Å²) < 4.78 is 3.33. The Morgan fingerprint density at radius 2 is 2.07 bits per heavy atom. The summed E-state index contributed by atoms with van der Waals surface area (Å²) in [6.07, 6.45) is 1.51. The molecule has 0 amide bonds. The van der Waals surface area contributed by atoms with Gasteiger partial charge in [0.1, 0.15) is 17.1 Å². The summed E-state index contributed by atoms with van der Waals surface area (Å²) in [6, 6.07) is 0.377. The minimum atomic E-state index is 0.377. The number of halogens is 2. The Kier molecular flexibility index (Phi) is 2.89. The van der Waals surface area contributed by atoms with Gasteiger partial charge in [0.25, 0.3) is 0 Å². The number of fused-ring (bicyclic) bond motifs is 1. The lowest BCUT2D eigenvalue weighted by Crippen LogP contribution is -2.03. The van der Waals surface area contributed by atoms with Crippen molar-refractivity contribution < 1.29 is 0 Å². The molecule has 0 saturated carbocycles. The molecule has 2 aromatic rings. The molecule has 0 aliphatic rings. The summed E-state index contributed by atoms with van der Waals surface area (Å²) in [5.74, 6) is 0. The van der Waals surface area contributed by atoms with Gasteiger partial charge in [0.15, 0.2) is 0 Å². The van der Waals surface area contributed by atoms with Gasteiger partial charge < -0.3 is 4.57 Å². The van der Waals surface area contributed by atoms with Crippen LogP contribution in [0.3, 0.4) is 0 Å². The molecule has 0 aliphatic heterocycles. The number of hydrogen-bond acceptors (Lipinski definition) is 2. The van der Waals surface area contributed by atoms with Crippen LogP contribution in [0.4, 0.5) is 0 Å². The van der Waals surface area contributed by atoms with Crippen LogP contribution in [0.15, 0.2) is 6.33 Å². The average Bonchev–Trinajstić information content (AvgIpc) is 2.41.